The van der Waals surface area contributed by atoms with E-state index in [1.807, 2.05) is 24.3 Å². The summed E-state index contributed by atoms with van der Waals surface area (Å²) >= 11 is 6.11. The zero-order valence-corrected chi connectivity index (χ0v) is 11.2. The Bertz CT molecular complexity index is 465. The highest BCUT2D eigenvalue weighted by Crippen LogP contribution is 2.59. The SMILES string of the molecule is O=C(Cc1ccccc1Cl)C1CC12CCNCC2. The quantitative estimate of drug-likeness (QED) is 0.909. The Morgan fingerprint density at radius 2 is 2.06 bits per heavy atom. The van der Waals surface area contributed by atoms with Gasteiger partial charge in [0.15, 0.2) is 0 Å². The Morgan fingerprint density at radius 3 is 2.78 bits per heavy atom. The zero-order chi connectivity index (χ0) is 12.6. The molecule has 1 atom stereocenters. The molecule has 2 fully saturated rings. The van der Waals surface area contributed by atoms with Crippen molar-refractivity contribution in [2.45, 2.75) is 25.7 Å². The van der Waals surface area contributed by atoms with Crippen molar-refractivity contribution in [3.63, 3.8) is 0 Å². The van der Waals surface area contributed by atoms with Crippen molar-refractivity contribution in [3.8, 4) is 0 Å². The second-order valence-corrected chi connectivity index (χ2v) is 6.01. The summed E-state index contributed by atoms with van der Waals surface area (Å²) in [5.41, 5.74) is 1.31. The van der Waals surface area contributed by atoms with Gasteiger partial charge in [0, 0.05) is 17.4 Å². The van der Waals surface area contributed by atoms with Gasteiger partial charge in [-0.1, -0.05) is 29.8 Å². The highest BCUT2D eigenvalue weighted by molar-refractivity contribution is 6.31. The summed E-state index contributed by atoms with van der Waals surface area (Å²) in [5.74, 6) is 0.667. The van der Waals surface area contributed by atoms with Crippen molar-refractivity contribution < 1.29 is 4.79 Å². The molecule has 1 N–H and O–H groups in total. The predicted octanol–water partition coefficient (Wildman–Crippen LogP) is 2.84. The van der Waals surface area contributed by atoms with Crippen LogP contribution in [0, 0.1) is 11.3 Å². The molecule has 1 heterocycles. The Morgan fingerprint density at radius 1 is 1.33 bits per heavy atom. The fraction of sp³-hybridized carbons (Fsp3) is 0.533. The number of hydrogen-bond acceptors (Lipinski definition) is 2. The van der Waals surface area contributed by atoms with Crippen molar-refractivity contribution in [1.29, 1.82) is 0 Å². The monoisotopic (exact) mass is 263 g/mol. The molecule has 18 heavy (non-hydrogen) atoms. The van der Waals surface area contributed by atoms with E-state index >= 15 is 0 Å². The number of piperidine rings is 1. The molecular weight excluding hydrogens is 246 g/mol. The van der Waals surface area contributed by atoms with Crippen LogP contribution in [0.5, 0.6) is 0 Å². The van der Waals surface area contributed by atoms with E-state index in [1.54, 1.807) is 0 Å². The van der Waals surface area contributed by atoms with E-state index < -0.39 is 0 Å². The molecule has 1 aliphatic carbocycles. The molecular formula is C15H18ClNO. The number of carbonyl (C=O) groups excluding carboxylic acids is 1. The summed E-state index contributed by atoms with van der Waals surface area (Å²) in [5, 5.41) is 4.08. The van der Waals surface area contributed by atoms with Gasteiger partial charge in [-0.15, -0.1) is 0 Å². The molecule has 1 spiro atoms. The van der Waals surface area contributed by atoms with Gasteiger partial charge in [0.2, 0.25) is 0 Å². The molecule has 0 amide bonds. The van der Waals surface area contributed by atoms with Gasteiger partial charge in [-0.05, 0) is 49.4 Å². The molecule has 3 rings (SSSR count). The molecule has 2 nitrogen and oxygen atoms in total. The molecule has 1 saturated carbocycles. The first-order valence-electron chi connectivity index (χ1n) is 6.68. The maximum absolute atomic E-state index is 12.3. The first-order chi connectivity index (χ1) is 8.71. The van der Waals surface area contributed by atoms with Gasteiger partial charge >= 0.3 is 0 Å². The molecule has 1 saturated heterocycles. The van der Waals surface area contributed by atoms with Crippen LogP contribution >= 0.6 is 11.6 Å². The van der Waals surface area contributed by atoms with Crippen LogP contribution in [0.15, 0.2) is 24.3 Å². The van der Waals surface area contributed by atoms with Crippen molar-refractivity contribution in [1.82, 2.24) is 5.32 Å². The standard InChI is InChI=1S/C15H18ClNO/c16-13-4-2-1-3-11(13)9-14(18)12-10-15(12)5-7-17-8-6-15/h1-4,12,17H,5-10H2. The van der Waals surface area contributed by atoms with E-state index in [-0.39, 0.29) is 5.92 Å². The molecule has 96 valence electrons. The normalized spacial score (nSPS) is 25.1. The van der Waals surface area contributed by atoms with Crippen LogP contribution in [0.25, 0.3) is 0 Å². The predicted molar refractivity (Wildman–Crippen MR) is 72.8 cm³/mol. The van der Waals surface area contributed by atoms with E-state index in [0.717, 1.165) is 37.9 Å². The summed E-state index contributed by atoms with van der Waals surface area (Å²) < 4.78 is 0. The van der Waals surface area contributed by atoms with E-state index in [9.17, 15) is 4.79 Å². The highest BCUT2D eigenvalue weighted by atomic mass is 35.5. The fourth-order valence-corrected chi connectivity index (χ4v) is 3.44. The number of carbonyl (C=O) groups is 1. The Labute approximate surface area is 113 Å². The number of nitrogens with one attached hydrogen (secondary N) is 1. The first-order valence-corrected chi connectivity index (χ1v) is 7.06. The summed E-state index contributed by atoms with van der Waals surface area (Å²) in [6.07, 6.45) is 3.91. The van der Waals surface area contributed by atoms with E-state index in [0.29, 0.717) is 22.6 Å². The fourth-order valence-electron chi connectivity index (χ4n) is 3.23. The summed E-state index contributed by atoms with van der Waals surface area (Å²) in [6.45, 7) is 2.13. The second-order valence-electron chi connectivity index (χ2n) is 5.60. The average Bonchev–Trinajstić information content (AvgIpc) is 3.07. The number of Topliss-reactive ketones (excluding diaryl/α,β-unsaturated/α-hetero) is 1. The minimum absolute atomic E-state index is 0.288. The van der Waals surface area contributed by atoms with Crippen LogP contribution in [0.4, 0.5) is 0 Å². The lowest BCUT2D eigenvalue weighted by Crippen LogP contribution is -2.31. The molecule has 1 aromatic carbocycles. The van der Waals surface area contributed by atoms with Gasteiger partial charge in [0.05, 0.1) is 0 Å². The van der Waals surface area contributed by atoms with Gasteiger partial charge in [-0.3, -0.25) is 4.79 Å². The Balaban J connectivity index is 1.65. The van der Waals surface area contributed by atoms with E-state index in [1.165, 1.54) is 0 Å². The Kier molecular flexibility index (Phi) is 3.16. The van der Waals surface area contributed by atoms with Crippen molar-refractivity contribution in [2.24, 2.45) is 11.3 Å². The van der Waals surface area contributed by atoms with E-state index in [4.69, 9.17) is 11.6 Å². The number of ketones is 1. The maximum atomic E-state index is 12.3. The topological polar surface area (TPSA) is 29.1 Å². The largest absolute Gasteiger partial charge is 0.317 e. The van der Waals surface area contributed by atoms with Gasteiger partial charge in [-0.25, -0.2) is 0 Å². The van der Waals surface area contributed by atoms with Gasteiger partial charge < -0.3 is 5.32 Å². The lowest BCUT2D eigenvalue weighted by molar-refractivity contribution is -0.120. The van der Waals surface area contributed by atoms with Gasteiger partial charge in [-0.2, -0.15) is 0 Å². The van der Waals surface area contributed by atoms with Crippen molar-refractivity contribution >= 4 is 17.4 Å². The van der Waals surface area contributed by atoms with Crippen LogP contribution in [0.3, 0.4) is 0 Å². The summed E-state index contributed by atoms with van der Waals surface area (Å²) in [4.78, 5) is 12.3. The zero-order valence-electron chi connectivity index (χ0n) is 10.4. The molecule has 0 bridgehead atoms. The van der Waals surface area contributed by atoms with Crippen molar-refractivity contribution in [3.05, 3.63) is 34.9 Å². The number of halogens is 1. The molecule has 1 aliphatic heterocycles. The Hall–Kier alpha value is -0.860. The smallest absolute Gasteiger partial charge is 0.140 e. The third kappa shape index (κ3) is 2.19. The lowest BCUT2D eigenvalue weighted by Gasteiger charge is -2.23. The van der Waals surface area contributed by atoms with Gasteiger partial charge in [0.25, 0.3) is 0 Å². The highest BCUT2D eigenvalue weighted by Gasteiger charge is 2.56. The third-order valence-electron chi connectivity index (χ3n) is 4.50. The van der Waals surface area contributed by atoms with Crippen LogP contribution in [-0.2, 0) is 11.2 Å². The lowest BCUT2D eigenvalue weighted by atomic mass is 9.89. The molecule has 1 unspecified atom stereocenters. The molecule has 0 aromatic heterocycles. The van der Waals surface area contributed by atoms with Crippen LogP contribution in [0.2, 0.25) is 5.02 Å². The van der Waals surface area contributed by atoms with Crippen molar-refractivity contribution in [2.75, 3.05) is 13.1 Å². The number of benzene rings is 1. The number of rotatable bonds is 3. The van der Waals surface area contributed by atoms with Crippen LogP contribution < -0.4 is 5.32 Å². The van der Waals surface area contributed by atoms with Crippen LogP contribution in [-0.4, -0.2) is 18.9 Å². The van der Waals surface area contributed by atoms with E-state index in [2.05, 4.69) is 5.32 Å². The minimum Gasteiger partial charge on any atom is -0.317 e. The summed E-state index contributed by atoms with van der Waals surface area (Å²) in [7, 11) is 0. The molecule has 2 aliphatic rings. The first kappa shape index (κ1) is 12.2. The molecule has 1 aromatic rings. The van der Waals surface area contributed by atoms with Gasteiger partial charge in [0.1, 0.15) is 5.78 Å². The van der Waals surface area contributed by atoms with Crippen LogP contribution in [0.1, 0.15) is 24.8 Å². The molecule has 0 radical (unpaired) electrons. The summed E-state index contributed by atoms with van der Waals surface area (Å²) in [6, 6.07) is 7.67. The average molecular weight is 264 g/mol. The third-order valence-corrected chi connectivity index (χ3v) is 4.87. The number of hydrogen-bond donors (Lipinski definition) is 1. The molecule has 3 heteroatoms. The maximum Gasteiger partial charge on any atom is 0.140 e. The minimum atomic E-state index is 0.288. The second kappa shape index (κ2) is 4.67.